The smallest absolute Gasteiger partial charge is 0.228 e. The predicted octanol–water partition coefficient (Wildman–Crippen LogP) is 0.928. The molecule has 1 aromatic heterocycles. The maximum absolute atomic E-state index is 5.67. The van der Waals surface area contributed by atoms with Crippen molar-refractivity contribution < 1.29 is 9.26 Å². The van der Waals surface area contributed by atoms with Crippen molar-refractivity contribution in [3.05, 3.63) is 11.7 Å². The van der Waals surface area contributed by atoms with Crippen molar-refractivity contribution >= 4 is 0 Å². The van der Waals surface area contributed by atoms with E-state index < -0.39 is 0 Å². The molecule has 2 N–H and O–H groups in total. The number of hydrogen-bond acceptors (Lipinski definition) is 5. The molecule has 1 saturated heterocycles. The molecule has 0 spiro atoms. The fourth-order valence-corrected chi connectivity index (χ4v) is 1.96. The summed E-state index contributed by atoms with van der Waals surface area (Å²) in [7, 11) is 0. The SMILES string of the molecule is CC(N)Cc1nc(CC2CCCOC2)no1. The molecule has 0 radical (unpaired) electrons. The number of nitrogens with zero attached hydrogens (tertiary/aromatic N) is 2. The highest BCUT2D eigenvalue weighted by molar-refractivity contribution is 4.90. The highest BCUT2D eigenvalue weighted by Crippen LogP contribution is 2.17. The van der Waals surface area contributed by atoms with E-state index in [2.05, 4.69) is 10.1 Å². The van der Waals surface area contributed by atoms with E-state index in [9.17, 15) is 0 Å². The Balaban J connectivity index is 1.86. The summed E-state index contributed by atoms with van der Waals surface area (Å²) >= 11 is 0. The fraction of sp³-hybridized carbons (Fsp3) is 0.818. The largest absolute Gasteiger partial charge is 0.381 e. The second-order valence-corrected chi connectivity index (χ2v) is 4.57. The van der Waals surface area contributed by atoms with Crippen LogP contribution in [0.25, 0.3) is 0 Å². The molecule has 2 atom stereocenters. The van der Waals surface area contributed by atoms with Crippen molar-refractivity contribution in [1.82, 2.24) is 10.1 Å². The molecule has 0 amide bonds. The number of rotatable bonds is 4. The highest BCUT2D eigenvalue weighted by Gasteiger charge is 2.17. The molecule has 0 bridgehead atoms. The Kier molecular flexibility index (Phi) is 3.90. The van der Waals surface area contributed by atoms with Crippen molar-refractivity contribution in [1.29, 1.82) is 0 Å². The van der Waals surface area contributed by atoms with Crippen molar-refractivity contribution in [3.63, 3.8) is 0 Å². The quantitative estimate of drug-likeness (QED) is 0.825. The maximum atomic E-state index is 5.67. The van der Waals surface area contributed by atoms with Crippen LogP contribution >= 0.6 is 0 Å². The highest BCUT2D eigenvalue weighted by atomic mass is 16.5. The predicted molar refractivity (Wildman–Crippen MR) is 58.9 cm³/mol. The number of hydrogen-bond donors (Lipinski definition) is 1. The average molecular weight is 225 g/mol. The first-order valence-corrected chi connectivity index (χ1v) is 5.89. The number of aromatic nitrogens is 2. The van der Waals surface area contributed by atoms with Crippen LogP contribution < -0.4 is 5.73 Å². The van der Waals surface area contributed by atoms with Gasteiger partial charge in [0.05, 0.1) is 0 Å². The molecular formula is C11H19N3O2. The molecule has 16 heavy (non-hydrogen) atoms. The van der Waals surface area contributed by atoms with E-state index in [0.717, 1.165) is 31.9 Å². The lowest BCUT2D eigenvalue weighted by atomic mass is 9.98. The maximum Gasteiger partial charge on any atom is 0.228 e. The minimum Gasteiger partial charge on any atom is -0.381 e. The Labute approximate surface area is 95.3 Å². The van der Waals surface area contributed by atoms with Crippen LogP contribution in [0.2, 0.25) is 0 Å². The molecule has 2 unspecified atom stereocenters. The van der Waals surface area contributed by atoms with Gasteiger partial charge in [0.15, 0.2) is 5.82 Å². The van der Waals surface area contributed by atoms with Crippen molar-refractivity contribution in [2.75, 3.05) is 13.2 Å². The van der Waals surface area contributed by atoms with Gasteiger partial charge in [0.1, 0.15) is 0 Å². The fourth-order valence-electron chi connectivity index (χ4n) is 1.96. The number of ether oxygens (including phenoxy) is 1. The topological polar surface area (TPSA) is 74.2 Å². The van der Waals surface area contributed by atoms with Gasteiger partial charge in [-0.3, -0.25) is 0 Å². The molecule has 2 heterocycles. The van der Waals surface area contributed by atoms with E-state index >= 15 is 0 Å². The first-order valence-electron chi connectivity index (χ1n) is 5.89. The molecule has 0 saturated carbocycles. The summed E-state index contributed by atoms with van der Waals surface area (Å²) in [5, 5.41) is 3.97. The van der Waals surface area contributed by atoms with Gasteiger partial charge in [0.2, 0.25) is 5.89 Å². The Morgan fingerprint density at radius 2 is 2.44 bits per heavy atom. The molecule has 1 aromatic rings. The molecule has 5 heteroatoms. The molecule has 1 fully saturated rings. The van der Waals surface area contributed by atoms with Gasteiger partial charge in [-0.1, -0.05) is 5.16 Å². The van der Waals surface area contributed by atoms with E-state index in [1.165, 1.54) is 6.42 Å². The summed E-state index contributed by atoms with van der Waals surface area (Å²) in [6, 6.07) is 0.0614. The number of nitrogens with two attached hydrogens (primary N) is 1. The summed E-state index contributed by atoms with van der Waals surface area (Å²) < 4.78 is 10.6. The lowest BCUT2D eigenvalue weighted by Gasteiger charge is -2.20. The van der Waals surface area contributed by atoms with Crippen molar-refractivity contribution in [2.24, 2.45) is 11.7 Å². The molecule has 5 nitrogen and oxygen atoms in total. The van der Waals surface area contributed by atoms with Crippen LogP contribution in [0, 0.1) is 5.92 Å². The summed E-state index contributed by atoms with van der Waals surface area (Å²) in [4.78, 5) is 4.33. The van der Waals surface area contributed by atoms with E-state index in [-0.39, 0.29) is 6.04 Å². The molecule has 90 valence electrons. The second kappa shape index (κ2) is 5.41. The standard InChI is InChI=1S/C11H19N3O2/c1-8(12)5-11-13-10(14-16-11)6-9-3-2-4-15-7-9/h8-9H,2-7,12H2,1H3. The van der Waals surface area contributed by atoms with Crippen molar-refractivity contribution in [2.45, 2.75) is 38.6 Å². The summed E-state index contributed by atoms with van der Waals surface area (Å²) in [5.41, 5.74) is 5.67. The molecule has 2 rings (SSSR count). The Bertz CT molecular complexity index is 319. The normalized spacial score (nSPS) is 23.2. The third kappa shape index (κ3) is 3.28. The van der Waals surface area contributed by atoms with Gasteiger partial charge in [-0.05, 0) is 25.7 Å². The van der Waals surface area contributed by atoms with Crippen LogP contribution in [-0.2, 0) is 17.6 Å². The van der Waals surface area contributed by atoms with Gasteiger partial charge in [-0.25, -0.2) is 0 Å². The van der Waals surface area contributed by atoms with E-state index in [1.807, 2.05) is 6.92 Å². The zero-order valence-corrected chi connectivity index (χ0v) is 9.69. The van der Waals surface area contributed by atoms with E-state index in [1.54, 1.807) is 0 Å². The van der Waals surface area contributed by atoms with Crippen molar-refractivity contribution in [3.8, 4) is 0 Å². The minimum atomic E-state index is 0.0614. The van der Waals surface area contributed by atoms with Crippen LogP contribution in [0.1, 0.15) is 31.5 Å². The molecule has 0 aliphatic carbocycles. The van der Waals surface area contributed by atoms with Crippen LogP contribution in [0.3, 0.4) is 0 Å². The average Bonchev–Trinajstić information content (AvgIpc) is 2.66. The van der Waals surface area contributed by atoms with Crippen LogP contribution in [0.4, 0.5) is 0 Å². The lowest BCUT2D eigenvalue weighted by molar-refractivity contribution is 0.0541. The molecule has 1 aliphatic heterocycles. The molecular weight excluding hydrogens is 206 g/mol. The first-order chi connectivity index (χ1) is 7.74. The zero-order valence-electron chi connectivity index (χ0n) is 9.69. The Morgan fingerprint density at radius 1 is 1.56 bits per heavy atom. The molecule has 1 aliphatic rings. The summed E-state index contributed by atoms with van der Waals surface area (Å²) in [5.74, 6) is 1.96. The van der Waals surface area contributed by atoms with Gasteiger partial charge in [-0.2, -0.15) is 4.98 Å². The van der Waals surface area contributed by atoms with Crippen LogP contribution in [0.15, 0.2) is 4.52 Å². The lowest BCUT2D eigenvalue weighted by Crippen LogP contribution is -2.20. The third-order valence-corrected chi connectivity index (χ3v) is 2.73. The monoisotopic (exact) mass is 225 g/mol. The summed E-state index contributed by atoms with van der Waals surface area (Å²) in [6.45, 7) is 3.63. The third-order valence-electron chi connectivity index (χ3n) is 2.73. The zero-order chi connectivity index (χ0) is 11.4. The first kappa shape index (κ1) is 11.5. The second-order valence-electron chi connectivity index (χ2n) is 4.57. The van der Waals surface area contributed by atoms with Crippen LogP contribution in [0.5, 0.6) is 0 Å². The Hall–Kier alpha value is -0.940. The molecule has 0 aromatic carbocycles. The van der Waals surface area contributed by atoms with Gasteiger partial charge >= 0.3 is 0 Å². The van der Waals surface area contributed by atoms with Gasteiger partial charge in [-0.15, -0.1) is 0 Å². The summed E-state index contributed by atoms with van der Waals surface area (Å²) in [6.07, 6.45) is 3.82. The van der Waals surface area contributed by atoms with Gasteiger partial charge in [0, 0.05) is 32.1 Å². The van der Waals surface area contributed by atoms with Gasteiger partial charge < -0.3 is 15.0 Å². The van der Waals surface area contributed by atoms with Crippen LogP contribution in [-0.4, -0.2) is 29.4 Å². The van der Waals surface area contributed by atoms with E-state index in [4.69, 9.17) is 15.0 Å². The van der Waals surface area contributed by atoms with Gasteiger partial charge in [0.25, 0.3) is 0 Å². The van der Waals surface area contributed by atoms with E-state index in [0.29, 0.717) is 18.2 Å². The minimum absolute atomic E-state index is 0.0614. The Morgan fingerprint density at radius 3 is 3.12 bits per heavy atom.